The van der Waals surface area contributed by atoms with E-state index < -0.39 is 9.84 Å². The van der Waals surface area contributed by atoms with Gasteiger partial charge in [-0.25, -0.2) is 18.4 Å². The Balaban J connectivity index is 3.33. The highest BCUT2D eigenvalue weighted by Crippen LogP contribution is 2.04. The molecule has 1 heterocycles. The molecule has 65 valence electrons. The zero-order valence-electron chi connectivity index (χ0n) is 7.12. The Morgan fingerprint density at radius 2 is 1.92 bits per heavy atom. The van der Waals surface area contributed by atoms with Crippen molar-refractivity contribution >= 4 is 9.84 Å². The summed E-state index contributed by atoms with van der Waals surface area (Å²) in [5.41, 5.74) is 1.41. The van der Waals surface area contributed by atoms with Gasteiger partial charge in [-0.3, -0.25) is 0 Å². The SMILES string of the molecule is Cc1[c]nc(S(C)(=O)=O)nc1C. The van der Waals surface area contributed by atoms with Crippen molar-refractivity contribution in [2.45, 2.75) is 19.0 Å². The predicted octanol–water partition coefficient (Wildman–Crippen LogP) is 0.297. The molecule has 12 heavy (non-hydrogen) atoms. The van der Waals surface area contributed by atoms with E-state index >= 15 is 0 Å². The van der Waals surface area contributed by atoms with Gasteiger partial charge in [0.1, 0.15) is 0 Å². The molecule has 0 fully saturated rings. The largest absolute Gasteiger partial charge is 0.247 e. The summed E-state index contributed by atoms with van der Waals surface area (Å²) in [7, 11) is -3.30. The zero-order chi connectivity index (χ0) is 9.35. The Morgan fingerprint density at radius 3 is 2.33 bits per heavy atom. The quantitative estimate of drug-likeness (QED) is 0.590. The molecule has 0 saturated heterocycles. The van der Waals surface area contributed by atoms with Crippen molar-refractivity contribution < 1.29 is 8.42 Å². The Labute approximate surface area is 71.6 Å². The second kappa shape index (κ2) is 2.82. The number of sulfone groups is 1. The molecule has 5 heteroatoms. The first-order chi connectivity index (χ1) is 5.41. The summed E-state index contributed by atoms with van der Waals surface area (Å²) in [6, 6.07) is 0. The van der Waals surface area contributed by atoms with Crippen LogP contribution in [-0.2, 0) is 9.84 Å². The van der Waals surface area contributed by atoms with Crippen LogP contribution in [0, 0.1) is 20.0 Å². The van der Waals surface area contributed by atoms with E-state index in [1.807, 2.05) is 0 Å². The van der Waals surface area contributed by atoms with Gasteiger partial charge in [-0.2, -0.15) is 0 Å². The number of hydrogen-bond acceptors (Lipinski definition) is 4. The summed E-state index contributed by atoms with van der Waals surface area (Å²) in [5, 5.41) is -0.161. The van der Waals surface area contributed by atoms with E-state index in [1.54, 1.807) is 13.8 Å². The molecule has 0 aliphatic heterocycles. The summed E-state index contributed by atoms with van der Waals surface area (Å²) < 4.78 is 21.9. The predicted molar refractivity (Wildman–Crippen MR) is 43.5 cm³/mol. The van der Waals surface area contributed by atoms with Crippen LogP contribution in [0.1, 0.15) is 11.3 Å². The van der Waals surface area contributed by atoms with E-state index in [2.05, 4.69) is 16.2 Å². The van der Waals surface area contributed by atoms with Crippen LogP contribution >= 0.6 is 0 Å². The van der Waals surface area contributed by atoms with Crippen LogP contribution < -0.4 is 0 Å². The number of rotatable bonds is 1. The summed E-state index contributed by atoms with van der Waals surface area (Å²) in [5.74, 6) is 0. The van der Waals surface area contributed by atoms with Crippen LogP contribution in [0.5, 0.6) is 0 Å². The molecule has 0 spiro atoms. The van der Waals surface area contributed by atoms with Crippen molar-refractivity contribution in [1.82, 2.24) is 9.97 Å². The molecule has 0 aromatic carbocycles. The third kappa shape index (κ3) is 1.79. The molecule has 0 saturated carbocycles. The van der Waals surface area contributed by atoms with Crippen molar-refractivity contribution in [2.75, 3.05) is 6.26 Å². The average molecular weight is 185 g/mol. The van der Waals surface area contributed by atoms with E-state index in [0.717, 1.165) is 11.8 Å². The third-order valence-electron chi connectivity index (χ3n) is 1.46. The molecule has 0 aliphatic carbocycles. The molecule has 4 nitrogen and oxygen atoms in total. The minimum absolute atomic E-state index is 0.161. The normalized spacial score (nSPS) is 11.6. The first-order valence-corrected chi connectivity index (χ1v) is 5.23. The highest BCUT2D eigenvalue weighted by Gasteiger charge is 2.11. The number of aryl methyl sites for hydroxylation is 2. The summed E-state index contributed by atoms with van der Waals surface area (Å²) in [6.07, 6.45) is 3.66. The molecule has 0 aliphatic rings. The van der Waals surface area contributed by atoms with Gasteiger partial charge in [-0.15, -0.1) is 0 Å². The van der Waals surface area contributed by atoms with Gasteiger partial charge in [0.15, 0.2) is 0 Å². The van der Waals surface area contributed by atoms with Gasteiger partial charge in [0.05, 0.1) is 6.20 Å². The topological polar surface area (TPSA) is 59.9 Å². The standard InChI is InChI=1S/C7H9N2O2S/c1-5-4-8-7(9-6(5)2)12(3,10)11/h1-3H3. The third-order valence-corrected chi connectivity index (χ3v) is 2.30. The second-order valence-corrected chi connectivity index (χ2v) is 4.51. The van der Waals surface area contributed by atoms with Gasteiger partial charge in [-0.05, 0) is 19.4 Å². The first kappa shape index (κ1) is 9.12. The minimum atomic E-state index is -3.30. The fourth-order valence-electron chi connectivity index (χ4n) is 0.631. The second-order valence-electron chi connectivity index (χ2n) is 2.60. The van der Waals surface area contributed by atoms with Gasteiger partial charge in [0, 0.05) is 11.9 Å². The van der Waals surface area contributed by atoms with Gasteiger partial charge in [0.25, 0.3) is 0 Å². The highest BCUT2D eigenvalue weighted by atomic mass is 32.2. The van der Waals surface area contributed by atoms with E-state index in [0.29, 0.717) is 5.69 Å². The smallest absolute Gasteiger partial charge is 0.223 e. The van der Waals surface area contributed by atoms with Crippen LogP contribution in [0.4, 0.5) is 0 Å². The maximum atomic E-state index is 11.0. The molecule has 1 rings (SSSR count). The molecular weight excluding hydrogens is 176 g/mol. The molecule has 0 bridgehead atoms. The fraction of sp³-hybridized carbons (Fsp3) is 0.429. The molecule has 1 aromatic rings. The van der Waals surface area contributed by atoms with Gasteiger partial charge >= 0.3 is 0 Å². The van der Waals surface area contributed by atoms with Crippen molar-refractivity contribution in [2.24, 2.45) is 0 Å². The van der Waals surface area contributed by atoms with Gasteiger partial charge < -0.3 is 0 Å². The first-order valence-electron chi connectivity index (χ1n) is 3.34. The Hall–Kier alpha value is -0.970. The van der Waals surface area contributed by atoms with Crippen LogP contribution in [-0.4, -0.2) is 24.6 Å². The van der Waals surface area contributed by atoms with Crippen LogP contribution in [0.15, 0.2) is 5.16 Å². The van der Waals surface area contributed by atoms with E-state index in [4.69, 9.17) is 0 Å². The van der Waals surface area contributed by atoms with E-state index in [1.165, 1.54) is 0 Å². The van der Waals surface area contributed by atoms with Crippen molar-refractivity contribution in [3.8, 4) is 0 Å². The lowest BCUT2D eigenvalue weighted by Gasteiger charge is -1.99. The Morgan fingerprint density at radius 1 is 1.33 bits per heavy atom. The molecule has 0 N–H and O–H groups in total. The lowest BCUT2D eigenvalue weighted by atomic mass is 10.3. The maximum absolute atomic E-state index is 11.0. The summed E-state index contributed by atoms with van der Waals surface area (Å²) in [4.78, 5) is 7.40. The monoisotopic (exact) mass is 185 g/mol. The van der Waals surface area contributed by atoms with Crippen LogP contribution in [0.25, 0.3) is 0 Å². The maximum Gasteiger partial charge on any atom is 0.247 e. The Bertz CT molecular complexity index is 398. The van der Waals surface area contributed by atoms with E-state index in [9.17, 15) is 8.42 Å². The molecule has 0 atom stereocenters. The minimum Gasteiger partial charge on any atom is -0.223 e. The molecule has 1 radical (unpaired) electrons. The zero-order valence-corrected chi connectivity index (χ0v) is 7.94. The van der Waals surface area contributed by atoms with Gasteiger partial charge in [0.2, 0.25) is 15.0 Å². The van der Waals surface area contributed by atoms with Crippen molar-refractivity contribution in [1.29, 1.82) is 0 Å². The highest BCUT2D eigenvalue weighted by molar-refractivity contribution is 7.90. The van der Waals surface area contributed by atoms with E-state index in [-0.39, 0.29) is 5.16 Å². The molecular formula is C7H9N2O2S. The summed E-state index contributed by atoms with van der Waals surface area (Å²) in [6.45, 7) is 3.50. The lowest BCUT2D eigenvalue weighted by molar-refractivity contribution is 0.592. The number of nitrogens with zero attached hydrogens (tertiary/aromatic N) is 2. The van der Waals surface area contributed by atoms with Crippen molar-refractivity contribution in [3.05, 3.63) is 17.5 Å². The van der Waals surface area contributed by atoms with Gasteiger partial charge in [-0.1, -0.05) is 0 Å². The van der Waals surface area contributed by atoms with Crippen molar-refractivity contribution in [3.63, 3.8) is 0 Å². The van der Waals surface area contributed by atoms with Crippen LogP contribution in [0.2, 0.25) is 0 Å². The fourth-order valence-corrected chi connectivity index (χ4v) is 1.14. The molecule has 1 aromatic heterocycles. The Kier molecular flexibility index (Phi) is 2.14. The average Bonchev–Trinajstić information content (AvgIpc) is 1.92. The summed E-state index contributed by atoms with van der Waals surface area (Å²) >= 11 is 0. The molecule has 0 amide bonds. The van der Waals surface area contributed by atoms with Crippen LogP contribution in [0.3, 0.4) is 0 Å². The lowest BCUT2D eigenvalue weighted by Crippen LogP contribution is -2.05. The number of aromatic nitrogens is 2. The number of hydrogen-bond donors (Lipinski definition) is 0. The molecule has 0 unspecified atom stereocenters.